The van der Waals surface area contributed by atoms with Crippen molar-refractivity contribution in [3.8, 4) is 0 Å². The molecule has 0 bridgehead atoms. The predicted molar refractivity (Wildman–Crippen MR) is 148 cm³/mol. The van der Waals surface area contributed by atoms with Gasteiger partial charge in [-0.15, -0.1) is 0 Å². The Morgan fingerprint density at radius 2 is 1.24 bits per heavy atom. The number of carbonyl (C=O) groups is 2. The van der Waals surface area contributed by atoms with Gasteiger partial charge in [0.15, 0.2) is 0 Å². The van der Waals surface area contributed by atoms with E-state index in [9.17, 15) is 23.9 Å². The molecule has 1 N–H and O–H groups in total. The molecule has 0 rings (SSSR count). The molecule has 41 heavy (non-hydrogen) atoms. The Morgan fingerprint density at radius 1 is 0.732 bits per heavy atom. The Labute approximate surface area is 293 Å². The number of phosphoric acid groups is 1. The Morgan fingerprint density at radius 3 is 1.78 bits per heavy atom. The van der Waals surface area contributed by atoms with E-state index in [1.54, 1.807) is 6.92 Å². The fourth-order valence-electron chi connectivity index (χ4n) is 4.07. The van der Waals surface area contributed by atoms with Gasteiger partial charge < -0.3 is 38.4 Å². The smallest absolute Gasteiger partial charge is 0.790 e. The van der Waals surface area contributed by atoms with E-state index in [1.165, 1.54) is 51.4 Å². The molecule has 0 saturated heterocycles. The molecule has 0 aliphatic rings. The molecule has 232 valence electrons. The predicted octanol–water partition coefficient (Wildman–Crippen LogP) is -1.08. The van der Waals surface area contributed by atoms with Crippen LogP contribution in [0.4, 0.5) is 0 Å². The molecule has 0 aromatic heterocycles. The number of hydrogen-bond acceptors (Lipinski definition) is 9. The van der Waals surface area contributed by atoms with Gasteiger partial charge in [-0.1, -0.05) is 96.8 Å². The van der Waals surface area contributed by atoms with Gasteiger partial charge in [-0.3, -0.25) is 9.59 Å². The number of amides is 1. The Kier molecular flexibility index (Phi) is 38.3. The molecule has 0 aliphatic heterocycles. The van der Waals surface area contributed by atoms with Gasteiger partial charge in [-0.2, -0.15) is 0 Å². The number of nitrogens with one attached hydrogen (secondary N) is 1. The summed E-state index contributed by atoms with van der Waals surface area (Å²) in [7, 11) is -5.17. The second-order valence-electron chi connectivity index (χ2n) is 10.1. The first-order valence-electron chi connectivity index (χ1n) is 15.0. The van der Waals surface area contributed by atoms with Gasteiger partial charge in [-0.05, 0) is 19.3 Å². The molecular formula is C28H54NNa2O9P. The van der Waals surface area contributed by atoms with Crippen LogP contribution >= 0.6 is 7.82 Å². The third kappa shape index (κ3) is 38.9. The van der Waals surface area contributed by atoms with Crippen molar-refractivity contribution in [1.82, 2.24) is 5.32 Å². The molecule has 0 saturated carbocycles. The summed E-state index contributed by atoms with van der Waals surface area (Å²) >= 11 is 0. The molecule has 10 nitrogen and oxygen atoms in total. The van der Waals surface area contributed by atoms with Crippen LogP contribution in [0.1, 0.15) is 129 Å². The summed E-state index contributed by atoms with van der Waals surface area (Å²) in [5, 5.41) is 2.82. The molecule has 0 aromatic rings. The Bertz CT molecular complexity index is 642. The number of rotatable bonds is 29. The van der Waals surface area contributed by atoms with Crippen molar-refractivity contribution >= 4 is 19.7 Å². The van der Waals surface area contributed by atoms with E-state index in [2.05, 4.69) is 16.8 Å². The van der Waals surface area contributed by atoms with Crippen molar-refractivity contribution in [2.24, 2.45) is 0 Å². The average Bonchev–Trinajstić information content (AvgIpc) is 2.87. The Hall–Kier alpha value is 0.970. The third-order valence-corrected chi connectivity index (χ3v) is 6.73. The van der Waals surface area contributed by atoms with E-state index in [4.69, 9.17) is 14.2 Å². The summed E-state index contributed by atoms with van der Waals surface area (Å²) in [5.41, 5.74) is 0. The molecule has 0 spiro atoms. The summed E-state index contributed by atoms with van der Waals surface area (Å²) in [4.78, 5) is 44.5. The van der Waals surface area contributed by atoms with Crippen LogP contribution in [0.15, 0.2) is 0 Å². The molecule has 0 aliphatic carbocycles. The molecule has 0 heterocycles. The van der Waals surface area contributed by atoms with Crippen molar-refractivity contribution in [3.63, 3.8) is 0 Å². The topological polar surface area (TPSA) is 146 Å². The fraction of sp³-hybridized carbons (Fsp3) is 0.929. The molecule has 0 unspecified atom stereocenters. The van der Waals surface area contributed by atoms with Crippen LogP contribution in [0.25, 0.3) is 0 Å². The third-order valence-electron chi connectivity index (χ3n) is 6.26. The molecule has 0 aromatic carbocycles. The van der Waals surface area contributed by atoms with Crippen LogP contribution in [0.2, 0.25) is 0 Å². The van der Waals surface area contributed by atoms with Gasteiger partial charge >= 0.3 is 65.1 Å². The van der Waals surface area contributed by atoms with E-state index >= 15 is 0 Å². The fourth-order valence-corrected chi connectivity index (χ4v) is 4.42. The van der Waals surface area contributed by atoms with Gasteiger partial charge in [-0.25, -0.2) is 0 Å². The van der Waals surface area contributed by atoms with Gasteiger partial charge in [0.05, 0.1) is 21.0 Å². The number of esters is 1. The van der Waals surface area contributed by atoms with Crippen LogP contribution < -0.4 is 74.2 Å². The zero-order valence-electron chi connectivity index (χ0n) is 26.5. The zero-order chi connectivity index (χ0) is 29.0. The van der Waals surface area contributed by atoms with Crippen LogP contribution in [-0.4, -0.2) is 51.1 Å². The van der Waals surface area contributed by atoms with Crippen molar-refractivity contribution in [2.45, 2.75) is 136 Å². The molecule has 0 fully saturated rings. The maximum atomic E-state index is 12.1. The number of phosphoric ester groups is 1. The van der Waals surface area contributed by atoms with Gasteiger partial charge in [0.1, 0.15) is 12.9 Å². The minimum absolute atomic E-state index is 0. The molecule has 1 amide bonds. The normalized spacial score (nSPS) is 11.8. The minimum atomic E-state index is -5.17. The van der Waals surface area contributed by atoms with E-state index in [-0.39, 0.29) is 84.8 Å². The number of unbranched alkanes of at least 4 members (excludes halogenated alkanes) is 15. The van der Waals surface area contributed by atoms with Crippen molar-refractivity contribution in [1.29, 1.82) is 0 Å². The van der Waals surface area contributed by atoms with Crippen LogP contribution in [0.5, 0.6) is 0 Å². The maximum Gasteiger partial charge on any atom is 1.00 e. The zero-order valence-corrected chi connectivity index (χ0v) is 31.4. The second-order valence-corrected chi connectivity index (χ2v) is 11.3. The first-order valence-corrected chi connectivity index (χ1v) is 16.5. The Balaban J connectivity index is -0.00000722. The van der Waals surface area contributed by atoms with Gasteiger partial charge in [0.25, 0.3) is 0 Å². The summed E-state index contributed by atoms with van der Waals surface area (Å²) in [6.45, 7) is 4.33. The van der Waals surface area contributed by atoms with Gasteiger partial charge in [0, 0.05) is 26.5 Å². The first-order chi connectivity index (χ1) is 18.7. The molecule has 1 atom stereocenters. The van der Waals surface area contributed by atoms with E-state index in [1.807, 2.05) is 0 Å². The maximum absolute atomic E-state index is 12.1. The standard InChI is InChI=1S/C28H56NO9P.2Na/c1-3-4-5-6-11-14-17-20-28(31)38-27(24-37-39(32,33)34)23-36-25-35-22-19-16-13-10-8-7-9-12-15-18-21-29-26(2)30;;/h27H,3-25H2,1-2H3,(H,29,30)(H2,32,33,34);;/q;2*+1/p-2/t27-;;/m1../s1. The SMILES string of the molecule is CCCCCCCCCC(=O)O[C@H](COCOCCCCCCCCCCCCNC(C)=O)COP(=O)([O-])[O-].[Na+].[Na+]. The van der Waals surface area contributed by atoms with Crippen LogP contribution in [-0.2, 0) is 32.9 Å². The average molecular weight is 626 g/mol. The van der Waals surface area contributed by atoms with Crippen molar-refractivity contribution < 1.29 is 102 Å². The largest absolute Gasteiger partial charge is 1.00 e. The molecule has 0 radical (unpaired) electrons. The quantitative estimate of drug-likeness (QED) is 0.0361. The summed E-state index contributed by atoms with van der Waals surface area (Å²) in [6.07, 6.45) is 18.2. The van der Waals surface area contributed by atoms with Crippen LogP contribution in [0, 0.1) is 0 Å². The minimum Gasteiger partial charge on any atom is -0.790 e. The second kappa shape index (κ2) is 33.9. The summed E-state index contributed by atoms with van der Waals surface area (Å²) in [6, 6.07) is 0. The van der Waals surface area contributed by atoms with Crippen molar-refractivity contribution in [3.05, 3.63) is 0 Å². The van der Waals surface area contributed by atoms with E-state index in [0.717, 1.165) is 57.9 Å². The van der Waals surface area contributed by atoms with Crippen molar-refractivity contribution in [2.75, 3.05) is 33.2 Å². The molecule has 13 heteroatoms. The number of ether oxygens (including phenoxy) is 3. The van der Waals surface area contributed by atoms with E-state index in [0.29, 0.717) is 13.0 Å². The molecular weight excluding hydrogens is 571 g/mol. The van der Waals surface area contributed by atoms with Gasteiger partial charge in [0.2, 0.25) is 5.91 Å². The first kappa shape index (κ1) is 46.4. The van der Waals surface area contributed by atoms with E-state index < -0.39 is 26.5 Å². The summed E-state index contributed by atoms with van der Waals surface area (Å²) in [5.74, 6) is -0.425. The monoisotopic (exact) mass is 625 g/mol. The van der Waals surface area contributed by atoms with Crippen LogP contribution in [0.3, 0.4) is 0 Å². The summed E-state index contributed by atoms with van der Waals surface area (Å²) < 4.78 is 31.2. The number of hydrogen-bond donors (Lipinski definition) is 1. The number of carbonyl (C=O) groups excluding carboxylic acids is 2.